The van der Waals surface area contributed by atoms with Gasteiger partial charge >= 0.3 is 0 Å². The Morgan fingerprint density at radius 1 is 1.14 bits per heavy atom. The SMILES string of the molecule is CNCC(C)C(=O)N1CCN(CCC(C)(C)C)CC1.Cl.Cl. The molecule has 1 N–H and O–H groups in total. The van der Waals surface area contributed by atoms with E-state index in [9.17, 15) is 4.79 Å². The van der Waals surface area contributed by atoms with Crippen molar-refractivity contribution >= 4 is 30.7 Å². The Bertz CT molecular complexity index is 287. The Morgan fingerprint density at radius 2 is 1.67 bits per heavy atom. The molecule has 1 atom stereocenters. The molecular weight excluding hydrogens is 309 g/mol. The number of halogens is 2. The molecule has 1 rings (SSSR count). The van der Waals surface area contributed by atoms with Crippen LogP contribution in [0, 0.1) is 11.3 Å². The Labute approximate surface area is 142 Å². The summed E-state index contributed by atoms with van der Waals surface area (Å²) in [4.78, 5) is 16.7. The summed E-state index contributed by atoms with van der Waals surface area (Å²) in [7, 11) is 1.90. The maximum absolute atomic E-state index is 12.2. The van der Waals surface area contributed by atoms with Gasteiger partial charge in [0.2, 0.25) is 5.91 Å². The van der Waals surface area contributed by atoms with Crippen molar-refractivity contribution in [3.8, 4) is 0 Å². The fourth-order valence-electron chi connectivity index (χ4n) is 2.39. The van der Waals surface area contributed by atoms with E-state index in [0.717, 1.165) is 39.3 Å². The summed E-state index contributed by atoms with van der Waals surface area (Å²) < 4.78 is 0. The minimum Gasteiger partial charge on any atom is -0.340 e. The van der Waals surface area contributed by atoms with Gasteiger partial charge in [0.25, 0.3) is 0 Å². The molecule has 1 heterocycles. The lowest BCUT2D eigenvalue weighted by Crippen LogP contribution is -2.51. The summed E-state index contributed by atoms with van der Waals surface area (Å²) in [5.41, 5.74) is 0.397. The van der Waals surface area contributed by atoms with Gasteiger partial charge in [0.1, 0.15) is 0 Å². The van der Waals surface area contributed by atoms with Crippen LogP contribution in [0.1, 0.15) is 34.1 Å². The molecule has 0 radical (unpaired) electrons. The number of hydrogen-bond acceptors (Lipinski definition) is 3. The molecule has 0 aliphatic carbocycles. The number of nitrogens with zero attached hydrogens (tertiary/aromatic N) is 2. The van der Waals surface area contributed by atoms with Crippen LogP contribution in [0.25, 0.3) is 0 Å². The molecular formula is C15H33Cl2N3O. The fraction of sp³-hybridized carbons (Fsp3) is 0.933. The minimum atomic E-state index is 0. The second-order valence-electron chi connectivity index (χ2n) is 6.94. The van der Waals surface area contributed by atoms with Crippen LogP contribution in [0.5, 0.6) is 0 Å². The number of amides is 1. The minimum absolute atomic E-state index is 0. The lowest BCUT2D eigenvalue weighted by Gasteiger charge is -2.37. The van der Waals surface area contributed by atoms with E-state index in [1.807, 2.05) is 18.9 Å². The van der Waals surface area contributed by atoms with Gasteiger partial charge in [-0.25, -0.2) is 0 Å². The third kappa shape index (κ3) is 8.87. The first-order valence-corrected chi connectivity index (χ1v) is 7.49. The van der Waals surface area contributed by atoms with E-state index in [1.165, 1.54) is 6.42 Å². The molecule has 0 bridgehead atoms. The predicted octanol–water partition coefficient (Wildman–Crippen LogP) is 2.27. The molecule has 1 aliphatic rings. The molecule has 0 aromatic rings. The van der Waals surface area contributed by atoms with E-state index in [1.54, 1.807) is 0 Å². The third-order valence-electron chi connectivity index (χ3n) is 3.79. The molecule has 6 heteroatoms. The summed E-state index contributed by atoms with van der Waals surface area (Å²) in [5.74, 6) is 0.385. The lowest BCUT2D eigenvalue weighted by molar-refractivity contribution is -0.136. The second kappa shape index (κ2) is 10.7. The molecule has 1 saturated heterocycles. The Hall–Kier alpha value is -0.0300. The van der Waals surface area contributed by atoms with Crippen LogP contribution in [0.15, 0.2) is 0 Å². The van der Waals surface area contributed by atoms with Crippen molar-refractivity contribution in [2.75, 3.05) is 46.3 Å². The standard InChI is InChI=1S/C15H31N3O.2ClH/c1-13(12-16-5)14(19)18-10-8-17(9-11-18)7-6-15(2,3)4;;/h13,16H,6-12H2,1-5H3;2*1H. The van der Waals surface area contributed by atoms with Crippen molar-refractivity contribution in [2.45, 2.75) is 34.1 Å². The zero-order chi connectivity index (χ0) is 14.5. The van der Waals surface area contributed by atoms with Gasteiger partial charge in [0, 0.05) is 38.6 Å². The quantitative estimate of drug-likeness (QED) is 0.833. The highest BCUT2D eigenvalue weighted by Crippen LogP contribution is 2.19. The molecule has 0 aromatic heterocycles. The predicted molar refractivity (Wildman–Crippen MR) is 94.7 cm³/mol. The highest BCUT2D eigenvalue weighted by molar-refractivity contribution is 5.85. The molecule has 1 amide bonds. The van der Waals surface area contributed by atoms with Crippen LogP contribution in [0.2, 0.25) is 0 Å². The number of piperazine rings is 1. The maximum Gasteiger partial charge on any atom is 0.226 e. The van der Waals surface area contributed by atoms with Crippen LogP contribution in [0.3, 0.4) is 0 Å². The summed E-state index contributed by atoms with van der Waals surface area (Å²) >= 11 is 0. The summed E-state index contributed by atoms with van der Waals surface area (Å²) in [6.45, 7) is 14.6. The summed E-state index contributed by atoms with van der Waals surface area (Å²) in [6, 6.07) is 0. The van der Waals surface area contributed by atoms with Crippen molar-refractivity contribution in [1.29, 1.82) is 0 Å². The molecule has 21 heavy (non-hydrogen) atoms. The van der Waals surface area contributed by atoms with Gasteiger partial charge in [-0.1, -0.05) is 27.7 Å². The normalized spacial score (nSPS) is 17.7. The Morgan fingerprint density at radius 3 is 2.10 bits per heavy atom. The van der Waals surface area contributed by atoms with Gasteiger partial charge < -0.3 is 10.2 Å². The van der Waals surface area contributed by atoms with Gasteiger partial charge in [-0.2, -0.15) is 0 Å². The molecule has 0 aromatic carbocycles. The van der Waals surface area contributed by atoms with Gasteiger partial charge in [0.05, 0.1) is 0 Å². The van der Waals surface area contributed by atoms with E-state index in [0.29, 0.717) is 11.3 Å². The van der Waals surface area contributed by atoms with E-state index < -0.39 is 0 Å². The first-order valence-electron chi connectivity index (χ1n) is 7.49. The van der Waals surface area contributed by atoms with Crippen molar-refractivity contribution in [1.82, 2.24) is 15.1 Å². The number of rotatable bonds is 5. The third-order valence-corrected chi connectivity index (χ3v) is 3.79. The van der Waals surface area contributed by atoms with Crippen molar-refractivity contribution in [3.63, 3.8) is 0 Å². The topological polar surface area (TPSA) is 35.6 Å². The highest BCUT2D eigenvalue weighted by atomic mass is 35.5. The van der Waals surface area contributed by atoms with Crippen LogP contribution >= 0.6 is 24.8 Å². The van der Waals surface area contributed by atoms with Gasteiger partial charge in [-0.05, 0) is 25.4 Å². The average molecular weight is 342 g/mol. The van der Waals surface area contributed by atoms with E-state index >= 15 is 0 Å². The first kappa shape index (κ1) is 23.2. The molecule has 0 saturated carbocycles. The summed E-state index contributed by atoms with van der Waals surface area (Å²) in [6.07, 6.45) is 1.22. The van der Waals surface area contributed by atoms with Crippen molar-refractivity contribution in [3.05, 3.63) is 0 Å². The number of carbonyl (C=O) groups excluding carboxylic acids is 1. The van der Waals surface area contributed by atoms with Crippen molar-refractivity contribution in [2.24, 2.45) is 11.3 Å². The Balaban J connectivity index is 0. The van der Waals surface area contributed by atoms with Gasteiger partial charge in [0.15, 0.2) is 0 Å². The largest absolute Gasteiger partial charge is 0.340 e. The lowest BCUT2D eigenvalue weighted by atomic mass is 9.92. The van der Waals surface area contributed by atoms with E-state index in [4.69, 9.17) is 0 Å². The van der Waals surface area contributed by atoms with Crippen LogP contribution in [-0.4, -0.2) is 62.0 Å². The van der Waals surface area contributed by atoms with E-state index in [2.05, 4.69) is 31.0 Å². The average Bonchev–Trinajstić information content (AvgIpc) is 2.35. The second-order valence-corrected chi connectivity index (χ2v) is 6.94. The fourth-order valence-corrected chi connectivity index (χ4v) is 2.39. The van der Waals surface area contributed by atoms with E-state index in [-0.39, 0.29) is 30.7 Å². The highest BCUT2D eigenvalue weighted by Gasteiger charge is 2.24. The number of nitrogens with one attached hydrogen (secondary N) is 1. The van der Waals surface area contributed by atoms with Crippen LogP contribution in [-0.2, 0) is 4.79 Å². The smallest absolute Gasteiger partial charge is 0.226 e. The molecule has 1 unspecified atom stereocenters. The monoisotopic (exact) mass is 341 g/mol. The number of carbonyl (C=O) groups is 1. The number of hydrogen-bond donors (Lipinski definition) is 1. The molecule has 1 aliphatic heterocycles. The van der Waals surface area contributed by atoms with Crippen LogP contribution < -0.4 is 5.32 Å². The summed E-state index contributed by atoms with van der Waals surface area (Å²) in [5, 5.41) is 3.08. The van der Waals surface area contributed by atoms with Crippen LogP contribution in [0.4, 0.5) is 0 Å². The van der Waals surface area contributed by atoms with Gasteiger partial charge in [-0.3, -0.25) is 9.69 Å². The van der Waals surface area contributed by atoms with Gasteiger partial charge in [-0.15, -0.1) is 24.8 Å². The Kier molecular flexibility index (Phi) is 11.8. The zero-order valence-electron chi connectivity index (χ0n) is 14.1. The van der Waals surface area contributed by atoms with Crippen molar-refractivity contribution < 1.29 is 4.79 Å². The first-order chi connectivity index (χ1) is 8.83. The zero-order valence-corrected chi connectivity index (χ0v) is 15.8. The molecule has 0 spiro atoms. The molecule has 128 valence electrons. The maximum atomic E-state index is 12.2. The molecule has 4 nitrogen and oxygen atoms in total. The molecule has 1 fully saturated rings.